The number of hydrogen-bond acceptors (Lipinski definition) is 7. The normalized spacial score (nSPS) is 12.3. The highest BCUT2D eigenvalue weighted by molar-refractivity contribution is 5.47. The van der Waals surface area contributed by atoms with E-state index in [-0.39, 0.29) is 17.6 Å². The summed E-state index contributed by atoms with van der Waals surface area (Å²) >= 11 is 0. The van der Waals surface area contributed by atoms with E-state index in [1.54, 1.807) is 10.9 Å². The molecule has 0 radical (unpaired) electrons. The molecule has 6 N–H and O–H groups in total. The monoisotopic (exact) mass is 368 g/mol. The molecule has 0 aliphatic rings. The predicted octanol–water partition coefficient (Wildman–Crippen LogP) is 0.731. The SMILES string of the molecule is CC(C)(C)N(N)/C=C(\N)CN(C=O)Cc1cn(C(C)(C)C)nn1.CCN. The van der Waals surface area contributed by atoms with E-state index in [0.29, 0.717) is 17.9 Å². The summed E-state index contributed by atoms with van der Waals surface area (Å²) in [5.41, 5.74) is 11.6. The second-order valence-electron chi connectivity index (χ2n) is 8.03. The van der Waals surface area contributed by atoms with Crippen LogP contribution >= 0.6 is 0 Å². The lowest BCUT2D eigenvalue weighted by atomic mass is 10.1. The molecule has 0 saturated heterocycles. The molecule has 0 unspecified atom stereocenters. The van der Waals surface area contributed by atoms with Gasteiger partial charge in [0.15, 0.2) is 0 Å². The van der Waals surface area contributed by atoms with Gasteiger partial charge < -0.3 is 21.4 Å². The van der Waals surface area contributed by atoms with Crippen LogP contribution in [0.15, 0.2) is 18.1 Å². The Hall–Kier alpha value is -2.13. The highest BCUT2D eigenvalue weighted by Gasteiger charge is 2.17. The first-order valence-electron chi connectivity index (χ1n) is 8.66. The maximum atomic E-state index is 11.3. The first kappa shape index (κ1) is 23.9. The van der Waals surface area contributed by atoms with E-state index < -0.39 is 0 Å². The average molecular weight is 369 g/mol. The fraction of sp³-hybridized carbons (Fsp3) is 0.706. The fourth-order valence-corrected chi connectivity index (χ4v) is 1.68. The van der Waals surface area contributed by atoms with Gasteiger partial charge in [-0.3, -0.25) is 4.79 Å². The topological polar surface area (TPSA) is 132 Å². The van der Waals surface area contributed by atoms with Crippen LogP contribution in [0.5, 0.6) is 0 Å². The van der Waals surface area contributed by atoms with E-state index in [9.17, 15) is 4.79 Å². The zero-order chi connectivity index (χ0) is 20.5. The summed E-state index contributed by atoms with van der Waals surface area (Å²) in [7, 11) is 0. The summed E-state index contributed by atoms with van der Waals surface area (Å²) in [6.45, 7) is 15.3. The van der Waals surface area contributed by atoms with E-state index in [0.717, 1.165) is 13.0 Å². The van der Waals surface area contributed by atoms with Crippen molar-refractivity contribution < 1.29 is 4.79 Å². The molecule has 1 heterocycles. The molecule has 1 rings (SSSR count). The van der Waals surface area contributed by atoms with E-state index in [2.05, 4.69) is 10.3 Å². The zero-order valence-electron chi connectivity index (χ0n) is 17.2. The first-order chi connectivity index (χ1) is 11.8. The van der Waals surface area contributed by atoms with Crippen molar-refractivity contribution in [2.24, 2.45) is 17.3 Å². The number of carbonyl (C=O) groups is 1. The summed E-state index contributed by atoms with van der Waals surface area (Å²) in [5.74, 6) is 5.92. The standard InChI is InChI=1S/C15H29N7O.C2H7N/c1-14(2,3)21(17)8-12(16)7-20(11-23)9-13-10-22(19-18-13)15(4,5)6;1-2-3/h8,10-11H,7,9,16-17H2,1-6H3;2-3H2,1H3/b12-8-;. The van der Waals surface area contributed by atoms with Gasteiger partial charge in [-0.15, -0.1) is 5.10 Å². The Bertz CT molecular complexity index is 568. The van der Waals surface area contributed by atoms with Gasteiger partial charge in [-0.25, -0.2) is 10.5 Å². The van der Waals surface area contributed by atoms with Crippen molar-refractivity contribution in [3.63, 3.8) is 0 Å². The van der Waals surface area contributed by atoms with Gasteiger partial charge in [-0.05, 0) is 48.1 Å². The first-order valence-corrected chi connectivity index (χ1v) is 8.66. The largest absolute Gasteiger partial charge is 0.399 e. The number of aromatic nitrogens is 3. The quantitative estimate of drug-likeness (QED) is 0.383. The van der Waals surface area contributed by atoms with Crippen LogP contribution < -0.4 is 17.3 Å². The third kappa shape index (κ3) is 8.82. The van der Waals surface area contributed by atoms with E-state index >= 15 is 0 Å². The highest BCUT2D eigenvalue weighted by atomic mass is 16.1. The van der Waals surface area contributed by atoms with Gasteiger partial charge in [-0.2, -0.15) is 0 Å². The Morgan fingerprint density at radius 1 is 1.27 bits per heavy atom. The van der Waals surface area contributed by atoms with Crippen LogP contribution in [0.25, 0.3) is 0 Å². The molecule has 9 heteroatoms. The number of nitrogens with two attached hydrogens (primary N) is 3. The second-order valence-corrected chi connectivity index (χ2v) is 8.03. The number of rotatable bonds is 6. The molecule has 0 aliphatic heterocycles. The zero-order valence-corrected chi connectivity index (χ0v) is 17.2. The van der Waals surface area contributed by atoms with E-state index in [1.165, 1.54) is 9.91 Å². The molecule has 0 atom stereocenters. The smallest absolute Gasteiger partial charge is 0.210 e. The Kier molecular flexibility index (Phi) is 9.29. The van der Waals surface area contributed by atoms with Crippen LogP contribution in [-0.4, -0.2) is 49.9 Å². The van der Waals surface area contributed by atoms with Crippen LogP contribution in [0.1, 0.15) is 54.2 Å². The van der Waals surface area contributed by atoms with Crippen LogP contribution in [0, 0.1) is 0 Å². The molecule has 9 nitrogen and oxygen atoms in total. The third-order valence-corrected chi connectivity index (χ3v) is 3.21. The molecule has 150 valence electrons. The summed E-state index contributed by atoms with van der Waals surface area (Å²) in [4.78, 5) is 12.8. The Labute approximate surface area is 157 Å². The van der Waals surface area contributed by atoms with Crippen LogP contribution in [0.2, 0.25) is 0 Å². The molecule has 0 saturated carbocycles. The number of hydrazine groups is 1. The van der Waals surface area contributed by atoms with Gasteiger partial charge in [0.25, 0.3) is 0 Å². The lowest BCUT2D eigenvalue weighted by molar-refractivity contribution is -0.118. The summed E-state index contributed by atoms with van der Waals surface area (Å²) in [5, 5.41) is 9.71. The molecule has 0 aliphatic carbocycles. The summed E-state index contributed by atoms with van der Waals surface area (Å²) in [6.07, 6.45) is 4.22. The number of nitrogens with zero attached hydrogens (tertiary/aromatic N) is 5. The third-order valence-electron chi connectivity index (χ3n) is 3.21. The molecular formula is C17H36N8O. The number of amides is 1. The Morgan fingerprint density at radius 2 is 1.81 bits per heavy atom. The van der Waals surface area contributed by atoms with Gasteiger partial charge >= 0.3 is 0 Å². The minimum absolute atomic E-state index is 0.150. The minimum Gasteiger partial charge on any atom is -0.399 e. The van der Waals surface area contributed by atoms with Crippen molar-refractivity contribution in [2.75, 3.05) is 13.1 Å². The highest BCUT2D eigenvalue weighted by Crippen LogP contribution is 2.13. The predicted molar refractivity (Wildman–Crippen MR) is 104 cm³/mol. The Balaban J connectivity index is 0.00000194. The lowest BCUT2D eigenvalue weighted by Crippen LogP contribution is -2.43. The molecule has 1 amide bonds. The molecule has 26 heavy (non-hydrogen) atoms. The average Bonchev–Trinajstić information content (AvgIpc) is 2.95. The maximum Gasteiger partial charge on any atom is 0.210 e. The van der Waals surface area contributed by atoms with Gasteiger partial charge in [0, 0.05) is 17.4 Å². The second kappa shape index (κ2) is 10.1. The van der Waals surface area contributed by atoms with Crippen molar-refractivity contribution in [3.8, 4) is 0 Å². The Morgan fingerprint density at radius 3 is 2.19 bits per heavy atom. The number of carbonyl (C=O) groups excluding carboxylic acids is 1. The van der Waals surface area contributed by atoms with E-state index in [1.807, 2.05) is 54.7 Å². The summed E-state index contributed by atoms with van der Waals surface area (Å²) < 4.78 is 1.77. The minimum atomic E-state index is -0.244. The lowest BCUT2D eigenvalue weighted by Gasteiger charge is -2.30. The van der Waals surface area contributed by atoms with Crippen LogP contribution in [0.3, 0.4) is 0 Å². The van der Waals surface area contributed by atoms with Crippen molar-refractivity contribution >= 4 is 6.41 Å². The molecule has 1 aromatic rings. The molecular weight excluding hydrogens is 332 g/mol. The number of hydrogen-bond donors (Lipinski definition) is 3. The van der Waals surface area contributed by atoms with Gasteiger partial charge in [0.05, 0.1) is 24.8 Å². The fourth-order valence-electron chi connectivity index (χ4n) is 1.68. The molecule has 0 bridgehead atoms. The van der Waals surface area contributed by atoms with Gasteiger partial charge in [0.2, 0.25) is 6.41 Å². The van der Waals surface area contributed by atoms with Gasteiger partial charge in [-0.1, -0.05) is 12.1 Å². The molecule has 0 spiro atoms. The molecule has 1 aromatic heterocycles. The van der Waals surface area contributed by atoms with Gasteiger partial charge in [0.1, 0.15) is 5.69 Å². The van der Waals surface area contributed by atoms with Crippen molar-refractivity contribution in [1.82, 2.24) is 24.9 Å². The van der Waals surface area contributed by atoms with Crippen molar-refractivity contribution in [3.05, 3.63) is 23.8 Å². The van der Waals surface area contributed by atoms with Crippen molar-refractivity contribution in [1.29, 1.82) is 0 Å². The molecule has 0 fully saturated rings. The van der Waals surface area contributed by atoms with E-state index in [4.69, 9.17) is 17.3 Å². The maximum absolute atomic E-state index is 11.3. The van der Waals surface area contributed by atoms with Crippen LogP contribution in [0.4, 0.5) is 0 Å². The summed E-state index contributed by atoms with van der Waals surface area (Å²) in [6, 6.07) is 0. The van der Waals surface area contributed by atoms with Crippen LogP contribution in [-0.2, 0) is 16.9 Å². The molecule has 0 aromatic carbocycles. The van der Waals surface area contributed by atoms with Crippen molar-refractivity contribution in [2.45, 2.75) is 66.1 Å².